The molecule has 6 saturated carbocycles. The van der Waals surface area contributed by atoms with Crippen LogP contribution in [0.5, 0.6) is 0 Å². The molecular formula is C60H57Cl2N12O8+. The molecule has 4 heterocycles. The molecule has 418 valence electrons. The largest absolute Gasteiger partial charge is 0.618 e. The van der Waals surface area contributed by atoms with Crippen LogP contribution in [-0.4, -0.2) is 75.4 Å². The van der Waals surface area contributed by atoms with Gasteiger partial charge in [-0.25, -0.2) is 9.63 Å². The number of nitrogens with one attached hydrogen (secondary N) is 2. The maximum atomic E-state index is 14.6. The predicted molar refractivity (Wildman–Crippen MR) is 297 cm³/mol. The molecule has 6 aliphatic rings. The third kappa shape index (κ3) is 10.5. The molecule has 14 rings (SSSR count). The molecular weight excluding hydrogens is 1090 g/mol. The second-order valence-electron chi connectivity index (χ2n) is 22.6. The molecule has 0 spiro atoms. The molecule has 82 heavy (non-hydrogen) atoms. The summed E-state index contributed by atoms with van der Waals surface area (Å²) in [4.78, 5) is 62.1. The van der Waals surface area contributed by atoms with E-state index in [1.807, 2.05) is 60.7 Å². The van der Waals surface area contributed by atoms with Crippen LogP contribution in [0.4, 0.5) is 0 Å². The molecule has 6 aliphatic carbocycles. The van der Waals surface area contributed by atoms with Crippen molar-refractivity contribution < 1.29 is 43.3 Å². The van der Waals surface area contributed by atoms with Crippen molar-refractivity contribution in [3.05, 3.63) is 189 Å². The number of aliphatic carboxylic acids is 1. The van der Waals surface area contributed by atoms with Crippen LogP contribution in [0.1, 0.15) is 111 Å². The first kappa shape index (κ1) is 54.0. The third-order valence-electron chi connectivity index (χ3n) is 17.9. The summed E-state index contributed by atoms with van der Waals surface area (Å²) in [5, 5.41) is 66.1. The van der Waals surface area contributed by atoms with Gasteiger partial charge in [-0.15, -0.1) is 9.78 Å². The van der Waals surface area contributed by atoms with E-state index in [1.54, 1.807) is 60.7 Å². The van der Waals surface area contributed by atoms with E-state index in [-0.39, 0.29) is 36.0 Å². The zero-order valence-electron chi connectivity index (χ0n) is 44.4. The molecule has 0 saturated heterocycles. The molecule has 4 aromatic carbocycles. The van der Waals surface area contributed by atoms with Crippen LogP contribution in [0.25, 0.3) is 33.6 Å². The van der Waals surface area contributed by atoms with Crippen molar-refractivity contribution in [3.63, 3.8) is 0 Å². The molecule has 20 nitrogen and oxygen atoms in total. The number of hydrogen-bond donors (Lipinski definition) is 3. The molecule has 2 unspecified atom stereocenters. The summed E-state index contributed by atoms with van der Waals surface area (Å²) >= 11 is 13.0. The summed E-state index contributed by atoms with van der Waals surface area (Å²) in [6.45, 7) is 0. The molecule has 4 aromatic heterocycles. The predicted octanol–water partition coefficient (Wildman–Crippen LogP) is 7.25. The van der Waals surface area contributed by atoms with Gasteiger partial charge in [0.25, 0.3) is 6.33 Å². The number of carbonyl (C=O) groups is 4. The number of nitrogens with zero attached hydrogens (tertiary/aromatic N) is 10. The summed E-state index contributed by atoms with van der Waals surface area (Å²) in [5.41, 5.74) is 2.77. The number of hydrogen-bond acceptors (Lipinski definition) is 12. The quantitative estimate of drug-likeness (QED) is 0.0462. The van der Waals surface area contributed by atoms with E-state index in [9.17, 15) is 34.7 Å². The second kappa shape index (κ2) is 21.7. The van der Waals surface area contributed by atoms with Crippen LogP contribution in [0, 0.1) is 21.2 Å². The summed E-state index contributed by atoms with van der Waals surface area (Å²) in [6, 6.07) is 36.1. The maximum Gasteiger partial charge on any atom is 0.362 e. The highest BCUT2D eigenvalue weighted by molar-refractivity contribution is 6.31. The first-order valence-electron chi connectivity index (χ1n) is 27.4. The van der Waals surface area contributed by atoms with Gasteiger partial charge in [0.1, 0.15) is 34.2 Å². The number of carbonyl (C=O) groups excluding carboxylic acids is 3. The van der Waals surface area contributed by atoms with E-state index in [0.717, 1.165) is 20.8 Å². The smallest absolute Gasteiger partial charge is 0.362 e. The van der Waals surface area contributed by atoms with Crippen LogP contribution in [0.3, 0.4) is 0 Å². The van der Waals surface area contributed by atoms with Crippen LogP contribution in [0.15, 0.2) is 146 Å². The number of aromatic nitrogens is 10. The highest BCUT2D eigenvalue weighted by Crippen LogP contribution is 2.54. The van der Waals surface area contributed by atoms with E-state index >= 15 is 0 Å². The topological polar surface area (TPSA) is 254 Å². The van der Waals surface area contributed by atoms with Crippen LogP contribution < -0.4 is 29.6 Å². The molecule has 3 N–H and O–H groups in total. The monoisotopic (exact) mass is 1140 g/mol. The van der Waals surface area contributed by atoms with Gasteiger partial charge in [-0.1, -0.05) is 83.9 Å². The standard InChI is InChI=1S/C60H56Cl2N12O8/c61-43-13-17-49(70-37-63-67-68-70)45(33-43)41-11-15-51(72(80)35-41)48(32-40-9-5-2-6-10-40)54(76)66-60-28-22-58(23-29-60,24-30-60)56(79)82-74-64-38-71(69-74)50-18-14-44(62)34-46(50)42-12-16-52(73(81)36-42)47(31-39-7-3-1-4-8-39)53(75)65-59-25-19-57(20-26-59,21-27-59)55(77)78/h1-18,33-38,47-48H,19-32H2,(H2-,65,66,75,76,77,78)/p+1. The van der Waals surface area contributed by atoms with E-state index in [0.29, 0.717) is 125 Å². The minimum atomic E-state index is -0.857. The summed E-state index contributed by atoms with van der Waals surface area (Å²) in [6.07, 6.45) is 12.2. The first-order valence-corrected chi connectivity index (χ1v) is 28.2. The number of halogens is 2. The molecule has 6 fully saturated rings. The Balaban J connectivity index is 0.730. The number of rotatable bonds is 17. The molecule has 2 amide bonds. The fraction of sp³-hybridized carbons (Fsp3) is 0.333. The average molecular weight is 1150 g/mol. The Morgan fingerprint density at radius 3 is 1.63 bits per heavy atom. The minimum absolute atomic E-state index is 0.241. The zero-order chi connectivity index (χ0) is 56.8. The SMILES string of the molecule is O=C(NC12CCC(C(=O)O)(CC1)CC2)C(Cc1ccccc1)c1ccc(-c2cc(Cl)ccc2-[n+]2cnn(OC(=O)C34CCC(NC(=O)C(Cc5ccccc5)c5ccc(-c6cc(Cl)ccc6-n6cnnn6)c[n+]5[O-])(CC3)CC4)n2)c[n+]1[O-]. The van der Waals surface area contributed by atoms with E-state index in [2.05, 4.69) is 36.5 Å². The number of tetrazole rings is 2. The van der Waals surface area contributed by atoms with E-state index < -0.39 is 45.7 Å². The number of carboxylic acid groups (broad SMARTS) is 1. The van der Waals surface area contributed by atoms with Crippen molar-refractivity contribution in [1.29, 1.82) is 0 Å². The van der Waals surface area contributed by atoms with Crippen molar-refractivity contribution in [2.75, 3.05) is 0 Å². The highest BCUT2D eigenvalue weighted by atomic mass is 35.5. The van der Waals surface area contributed by atoms with Gasteiger partial charge < -0.3 is 26.2 Å². The Morgan fingerprint density at radius 2 is 1.13 bits per heavy atom. The van der Waals surface area contributed by atoms with Crippen molar-refractivity contribution in [3.8, 4) is 33.6 Å². The Labute approximate surface area is 480 Å². The van der Waals surface area contributed by atoms with Crippen molar-refractivity contribution in [1.82, 2.24) is 46.1 Å². The van der Waals surface area contributed by atoms with Gasteiger partial charge in [-0.05, 0) is 160 Å². The molecule has 2 atom stereocenters. The van der Waals surface area contributed by atoms with Gasteiger partial charge in [-0.2, -0.15) is 14.1 Å². The van der Waals surface area contributed by atoms with Crippen molar-refractivity contribution in [2.45, 2.75) is 113 Å². The number of pyridine rings is 2. The number of carboxylic acids is 1. The Kier molecular flexibility index (Phi) is 14.3. The van der Waals surface area contributed by atoms with Crippen LogP contribution in [-0.2, 0) is 32.0 Å². The fourth-order valence-corrected chi connectivity index (χ4v) is 13.3. The molecule has 8 aromatic rings. The maximum absolute atomic E-state index is 14.6. The lowest BCUT2D eigenvalue weighted by Crippen LogP contribution is -2.60. The van der Waals surface area contributed by atoms with Gasteiger partial charge in [-0.3, -0.25) is 14.4 Å². The van der Waals surface area contributed by atoms with Crippen molar-refractivity contribution in [2.24, 2.45) is 10.8 Å². The lowest BCUT2D eigenvalue weighted by atomic mass is 9.57. The number of fused-ring (bicyclic) bond motifs is 6. The molecule has 22 heteroatoms. The second-order valence-corrected chi connectivity index (χ2v) is 23.5. The molecule has 4 bridgehead atoms. The fourth-order valence-electron chi connectivity index (χ4n) is 13.0. The number of amides is 2. The van der Waals surface area contributed by atoms with Gasteiger partial charge >= 0.3 is 11.9 Å². The van der Waals surface area contributed by atoms with Gasteiger partial charge in [0.05, 0.1) is 22.1 Å². The zero-order valence-corrected chi connectivity index (χ0v) is 46.0. The van der Waals surface area contributed by atoms with Crippen LogP contribution >= 0.6 is 23.2 Å². The molecule has 0 radical (unpaired) electrons. The van der Waals surface area contributed by atoms with Crippen LogP contribution in [0.2, 0.25) is 10.0 Å². The minimum Gasteiger partial charge on any atom is -0.618 e. The third-order valence-corrected chi connectivity index (χ3v) is 18.4. The highest BCUT2D eigenvalue weighted by Gasteiger charge is 2.56. The normalized spacial score (nSPS) is 22.5. The Morgan fingerprint density at radius 1 is 0.634 bits per heavy atom. The van der Waals surface area contributed by atoms with Crippen molar-refractivity contribution >= 4 is 47.0 Å². The molecule has 0 aliphatic heterocycles. The lowest BCUT2D eigenvalue weighted by molar-refractivity contribution is -0.664. The van der Waals surface area contributed by atoms with Gasteiger partial charge in [0, 0.05) is 49.9 Å². The van der Waals surface area contributed by atoms with Gasteiger partial charge in [0.2, 0.25) is 23.2 Å². The number of benzene rings is 4. The summed E-state index contributed by atoms with van der Waals surface area (Å²) < 4.78 is 4.34. The lowest BCUT2D eigenvalue weighted by Gasteiger charge is -2.51. The average Bonchev–Trinajstić information content (AvgIpc) is 3.81. The summed E-state index contributed by atoms with van der Waals surface area (Å²) in [7, 11) is 0. The summed E-state index contributed by atoms with van der Waals surface area (Å²) in [5.74, 6) is -3.57. The van der Waals surface area contributed by atoms with Gasteiger partial charge in [0.15, 0.2) is 17.4 Å². The van der Waals surface area contributed by atoms with E-state index in [1.165, 1.54) is 34.4 Å². The Bertz CT molecular complexity index is 3700. The Hall–Kier alpha value is -8.62. The van der Waals surface area contributed by atoms with E-state index in [4.69, 9.17) is 28.0 Å². The first-order chi connectivity index (χ1) is 39.6.